The van der Waals surface area contributed by atoms with Crippen LogP contribution in [0.15, 0.2) is 0 Å². The topological polar surface area (TPSA) is 44.8 Å². The molecule has 0 aromatic rings. The summed E-state index contributed by atoms with van der Waals surface area (Å²) < 4.78 is 15.9. The van der Waals surface area contributed by atoms with Crippen LogP contribution in [0.5, 0.6) is 0 Å². The van der Waals surface area contributed by atoms with E-state index in [1.165, 1.54) is 0 Å². The first-order valence-corrected chi connectivity index (χ1v) is 5.17. The van der Waals surface area contributed by atoms with Crippen molar-refractivity contribution in [2.24, 2.45) is 11.8 Å². The highest BCUT2D eigenvalue weighted by molar-refractivity contribution is 5.74. The molecule has 0 aromatic heterocycles. The van der Waals surface area contributed by atoms with Crippen LogP contribution in [-0.4, -0.2) is 31.6 Å². The summed E-state index contributed by atoms with van der Waals surface area (Å²) in [4.78, 5) is 11.6. The van der Waals surface area contributed by atoms with E-state index in [4.69, 9.17) is 14.2 Å². The van der Waals surface area contributed by atoms with Gasteiger partial charge >= 0.3 is 5.97 Å². The van der Waals surface area contributed by atoms with E-state index in [1.54, 1.807) is 0 Å². The molecular formula is C10H16O4. The van der Waals surface area contributed by atoms with Crippen LogP contribution >= 0.6 is 0 Å². The van der Waals surface area contributed by atoms with E-state index in [9.17, 15) is 4.79 Å². The van der Waals surface area contributed by atoms with Crippen LogP contribution in [0.1, 0.15) is 20.3 Å². The molecule has 0 spiro atoms. The van der Waals surface area contributed by atoms with Crippen LogP contribution in [0.2, 0.25) is 0 Å². The first-order valence-electron chi connectivity index (χ1n) is 5.17. The highest BCUT2D eigenvalue weighted by atomic mass is 16.7. The van der Waals surface area contributed by atoms with Gasteiger partial charge in [0.2, 0.25) is 0 Å². The summed E-state index contributed by atoms with van der Waals surface area (Å²) >= 11 is 0. The van der Waals surface area contributed by atoms with E-state index in [0.717, 1.165) is 6.42 Å². The molecule has 14 heavy (non-hydrogen) atoms. The Hall–Kier alpha value is -0.610. The van der Waals surface area contributed by atoms with Crippen LogP contribution < -0.4 is 0 Å². The predicted molar refractivity (Wildman–Crippen MR) is 48.5 cm³/mol. The number of hydrogen-bond acceptors (Lipinski definition) is 4. The van der Waals surface area contributed by atoms with E-state index in [1.807, 2.05) is 13.8 Å². The normalized spacial score (nSPS) is 41.0. The SMILES string of the molecule is CCOC(=O)[C@H]1[C@H]2CCO[C@H]2O[C@H]1C. The average molecular weight is 200 g/mol. The molecule has 0 unspecified atom stereocenters. The smallest absolute Gasteiger partial charge is 0.312 e. The molecule has 0 saturated carbocycles. The molecular weight excluding hydrogens is 184 g/mol. The van der Waals surface area contributed by atoms with Crippen molar-refractivity contribution < 1.29 is 19.0 Å². The van der Waals surface area contributed by atoms with Gasteiger partial charge in [-0.15, -0.1) is 0 Å². The minimum atomic E-state index is -0.181. The zero-order valence-corrected chi connectivity index (χ0v) is 8.56. The molecule has 2 aliphatic heterocycles. The van der Waals surface area contributed by atoms with Gasteiger partial charge in [0.05, 0.1) is 25.2 Å². The van der Waals surface area contributed by atoms with Crippen molar-refractivity contribution in [3.63, 3.8) is 0 Å². The summed E-state index contributed by atoms with van der Waals surface area (Å²) in [6.07, 6.45) is 0.641. The number of carbonyl (C=O) groups is 1. The largest absolute Gasteiger partial charge is 0.466 e. The summed E-state index contributed by atoms with van der Waals surface area (Å²) in [5, 5.41) is 0. The second kappa shape index (κ2) is 3.87. The minimum absolute atomic E-state index is 0.0793. The van der Waals surface area contributed by atoms with Gasteiger partial charge in [0.1, 0.15) is 0 Å². The van der Waals surface area contributed by atoms with Gasteiger partial charge in [0.25, 0.3) is 0 Å². The summed E-state index contributed by atoms with van der Waals surface area (Å²) in [7, 11) is 0. The fourth-order valence-corrected chi connectivity index (χ4v) is 2.32. The van der Waals surface area contributed by atoms with Gasteiger partial charge in [0.15, 0.2) is 6.29 Å². The average Bonchev–Trinajstić information content (AvgIpc) is 2.63. The third-order valence-electron chi connectivity index (χ3n) is 2.96. The van der Waals surface area contributed by atoms with E-state index in [0.29, 0.717) is 13.2 Å². The van der Waals surface area contributed by atoms with Crippen molar-refractivity contribution >= 4 is 5.97 Å². The zero-order valence-electron chi connectivity index (χ0n) is 8.56. The lowest BCUT2D eigenvalue weighted by Crippen LogP contribution is -2.29. The van der Waals surface area contributed by atoms with E-state index >= 15 is 0 Å². The highest BCUT2D eigenvalue weighted by Gasteiger charge is 2.50. The molecule has 0 aliphatic carbocycles. The molecule has 80 valence electrons. The van der Waals surface area contributed by atoms with Crippen LogP contribution in [0.4, 0.5) is 0 Å². The molecule has 0 bridgehead atoms. The van der Waals surface area contributed by atoms with Crippen molar-refractivity contribution in [1.82, 2.24) is 0 Å². The molecule has 0 N–H and O–H groups in total. The van der Waals surface area contributed by atoms with E-state index in [-0.39, 0.29) is 30.2 Å². The Labute approximate surface area is 83.5 Å². The molecule has 4 atom stereocenters. The van der Waals surface area contributed by atoms with E-state index in [2.05, 4.69) is 0 Å². The fourth-order valence-electron chi connectivity index (χ4n) is 2.32. The number of rotatable bonds is 2. The number of esters is 1. The Bertz CT molecular complexity index is 228. The number of ether oxygens (including phenoxy) is 3. The summed E-state index contributed by atoms with van der Waals surface area (Å²) in [6.45, 7) is 4.85. The molecule has 4 heteroatoms. The predicted octanol–water partition coefficient (Wildman–Crippen LogP) is 0.947. The number of carbonyl (C=O) groups excluding carboxylic acids is 1. The van der Waals surface area contributed by atoms with Gasteiger partial charge in [0, 0.05) is 5.92 Å². The molecule has 2 fully saturated rings. The maximum absolute atomic E-state index is 11.6. The van der Waals surface area contributed by atoms with Gasteiger partial charge in [-0.1, -0.05) is 0 Å². The van der Waals surface area contributed by atoms with Crippen molar-refractivity contribution in [2.45, 2.75) is 32.7 Å². The van der Waals surface area contributed by atoms with Crippen LogP contribution in [0.25, 0.3) is 0 Å². The van der Waals surface area contributed by atoms with Gasteiger partial charge in [-0.05, 0) is 20.3 Å². The standard InChI is InChI=1S/C10H16O4/c1-3-12-9(11)8-6(2)14-10-7(8)4-5-13-10/h6-8,10H,3-5H2,1-2H3/t6-,7+,8+,10-/m0/s1. The molecule has 2 saturated heterocycles. The summed E-state index contributed by atoms with van der Waals surface area (Å²) in [6, 6.07) is 0. The van der Waals surface area contributed by atoms with Gasteiger partial charge in [-0.2, -0.15) is 0 Å². The maximum atomic E-state index is 11.6. The monoisotopic (exact) mass is 200 g/mol. The van der Waals surface area contributed by atoms with Gasteiger partial charge < -0.3 is 14.2 Å². The third kappa shape index (κ3) is 1.53. The lowest BCUT2D eigenvalue weighted by atomic mass is 9.89. The molecule has 4 nitrogen and oxygen atoms in total. The van der Waals surface area contributed by atoms with Crippen molar-refractivity contribution in [1.29, 1.82) is 0 Å². The van der Waals surface area contributed by atoms with Crippen LogP contribution in [0, 0.1) is 11.8 Å². The zero-order chi connectivity index (χ0) is 10.1. The first-order chi connectivity index (χ1) is 6.74. The van der Waals surface area contributed by atoms with Crippen LogP contribution in [0.3, 0.4) is 0 Å². The first kappa shape index (κ1) is 9.93. The Morgan fingerprint density at radius 2 is 2.36 bits per heavy atom. The van der Waals surface area contributed by atoms with Gasteiger partial charge in [-0.25, -0.2) is 0 Å². The lowest BCUT2D eigenvalue weighted by Gasteiger charge is -2.16. The third-order valence-corrected chi connectivity index (χ3v) is 2.96. The highest BCUT2D eigenvalue weighted by Crippen LogP contribution is 2.40. The number of hydrogen-bond donors (Lipinski definition) is 0. The Morgan fingerprint density at radius 1 is 1.57 bits per heavy atom. The van der Waals surface area contributed by atoms with Gasteiger partial charge in [-0.3, -0.25) is 4.79 Å². The Kier molecular flexibility index (Phi) is 2.74. The van der Waals surface area contributed by atoms with Crippen LogP contribution in [-0.2, 0) is 19.0 Å². The Balaban J connectivity index is 2.05. The molecule has 2 rings (SSSR count). The molecule has 0 radical (unpaired) electrons. The maximum Gasteiger partial charge on any atom is 0.312 e. The number of fused-ring (bicyclic) bond motifs is 1. The summed E-state index contributed by atoms with van der Waals surface area (Å²) in [5.74, 6) is -0.0792. The quantitative estimate of drug-likeness (QED) is 0.622. The second-order valence-electron chi connectivity index (χ2n) is 3.81. The Morgan fingerprint density at radius 3 is 3.07 bits per heavy atom. The minimum Gasteiger partial charge on any atom is -0.466 e. The summed E-state index contributed by atoms with van der Waals surface area (Å²) in [5.41, 5.74) is 0. The second-order valence-corrected chi connectivity index (χ2v) is 3.81. The lowest BCUT2D eigenvalue weighted by molar-refractivity contribution is -0.151. The van der Waals surface area contributed by atoms with Crippen molar-refractivity contribution in [3.05, 3.63) is 0 Å². The fraction of sp³-hybridized carbons (Fsp3) is 0.900. The van der Waals surface area contributed by atoms with Crippen molar-refractivity contribution in [2.75, 3.05) is 13.2 Å². The molecule has 0 amide bonds. The molecule has 2 heterocycles. The molecule has 2 aliphatic rings. The molecule has 0 aromatic carbocycles. The van der Waals surface area contributed by atoms with E-state index < -0.39 is 0 Å². The van der Waals surface area contributed by atoms with Crippen molar-refractivity contribution in [3.8, 4) is 0 Å².